The molecule has 0 radical (unpaired) electrons. The molecule has 2 nitrogen and oxygen atoms in total. The molecule has 0 heterocycles. The largest absolute Gasteiger partial charge is 0.391 e. The van der Waals surface area contributed by atoms with E-state index in [0.717, 1.165) is 57.9 Å². The normalized spacial score (nSPS) is 12.6. The average molecular weight is 881 g/mol. The second-order valence-corrected chi connectivity index (χ2v) is 23.5. The Morgan fingerprint density at radius 2 is 0.603 bits per heavy atom. The standard InChI is InChI=1S/C60H96O2S/c1-3-5-7-9-11-13-15-17-19-21-23-25-27-29-31-33-35-41-53-63(61,60-52-44-48-56-46-38-40-50-58(56)60,62-59-51-43-47-55-45-37-39-49-57(55)59)54-42-36-34-32-30-28-26-24-22-20-18-16-14-12-10-8-6-4-2/h37-40,43-52H,3-36,41-42,53-54H2,1-2H3. The molecule has 0 aliphatic rings. The number of hydrogen-bond acceptors (Lipinski definition) is 2. The van der Waals surface area contributed by atoms with Crippen LogP contribution in [0.5, 0.6) is 5.75 Å². The Bertz CT molecular complexity index is 1740. The molecule has 4 aromatic carbocycles. The van der Waals surface area contributed by atoms with E-state index >= 15 is 4.21 Å². The first-order valence-electron chi connectivity index (χ1n) is 27.4. The summed E-state index contributed by atoms with van der Waals surface area (Å²) in [6, 6.07) is 29.7. The van der Waals surface area contributed by atoms with Crippen molar-refractivity contribution in [2.24, 2.45) is 0 Å². The smallest absolute Gasteiger partial charge is 0.158 e. The van der Waals surface area contributed by atoms with Crippen molar-refractivity contribution in [2.45, 2.75) is 250 Å². The van der Waals surface area contributed by atoms with E-state index in [4.69, 9.17) is 4.18 Å². The van der Waals surface area contributed by atoms with Crippen LogP contribution >= 0.6 is 0 Å². The topological polar surface area (TPSA) is 26.3 Å². The molecule has 4 aromatic rings. The first-order valence-corrected chi connectivity index (χ1v) is 29.6. The van der Waals surface area contributed by atoms with Gasteiger partial charge in [0.15, 0.2) is 5.75 Å². The molecule has 63 heavy (non-hydrogen) atoms. The Morgan fingerprint density at radius 1 is 0.317 bits per heavy atom. The van der Waals surface area contributed by atoms with Crippen LogP contribution in [-0.2, 0) is 9.35 Å². The van der Waals surface area contributed by atoms with Crippen LogP contribution in [0.3, 0.4) is 0 Å². The van der Waals surface area contributed by atoms with E-state index in [9.17, 15) is 0 Å². The molecule has 0 bridgehead atoms. The summed E-state index contributed by atoms with van der Waals surface area (Å²) in [5.41, 5.74) is 0. The Balaban J connectivity index is 1.27. The van der Waals surface area contributed by atoms with Crippen LogP contribution in [-0.4, -0.2) is 15.7 Å². The second kappa shape index (κ2) is 32.9. The average Bonchev–Trinajstić information content (AvgIpc) is 3.31. The van der Waals surface area contributed by atoms with Gasteiger partial charge in [-0.15, -0.1) is 9.35 Å². The van der Waals surface area contributed by atoms with Crippen molar-refractivity contribution >= 4 is 30.9 Å². The summed E-state index contributed by atoms with van der Waals surface area (Å²) in [6.07, 6.45) is 48.4. The van der Waals surface area contributed by atoms with Gasteiger partial charge < -0.3 is 4.18 Å². The summed E-state index contributed by atoms with van der Waals surface area (Å²) in [6.45, 7) is 4.60. The van der Waals surface area contributed by atoms with E-state index in [1.54, 1.807) is 0 Å². The highest BCUT2D eigenvalue weighted by atomic mass is 32.3. The highest BCUT2D eigenvalue weighted by Gasteiger charge is 2.36. The van der Waals surface area contributed by atoms with Crippen molar-refractivity contribution in [2.75, 3.05) is 11.5 Å². The monoisotopic (exact) mass is 881 g/mol. The van der Waals surface area contributed by atoms with E-state index in [-0.39, 0.29) is 0 Å². The van der Waals surface area contributed by atoms with Crippen molar-refractivity contribution < 1.29 is 8.39 Å². The molecule has 0 saturated heterocycles. The molecule has 0 N–H and O–H groups in total. The van der Waals surface area contributed by atoms with Crippen LogP contribution in [0.15, 0.2) is 89.8 Å². The quantitative estimate of drug-likeness (QED) is 0.0415. The van der Waals surface area contributed by atoms with Crippen LogP contribution in [0.4, 0.5) is 0 Å². The Kier molecular flexibility index (Phi) is 27.7. The molecule has 3 heteroatoms. The molecule has 0 aliphatic carbocycles. The number of hydrogen-bond donors (Lipinski definition) is 0. The van der Waals surface area contributed by atoms with Crippen molar-refractivity contribution in [1.29, 1.82) is 0 Å². The van der Waals surface area contributed by atoms with E-state index in [1.807, 2.05) is 0 Å². The second-order valence-electron chi connectivity index (χ2n) is 19.7. The van der Waals surface area contributed by atoms with Crippen molar-refractivity contribution in [3.05, 3.63) is 84.9 Å². The highest BCUT2D eigenvalue weighted by molar-refractivity contribution is 8.16. The molecule has 0 aromatic heterocycles. The lowest BCUT2D eigenvalue weighted by atomic mass is 10.0. The minimum Gasteiger partial charge on any atom is -0.391 e. The Hall–Kier alpha value is -2.65. The lowest BCUT2D eigenvalue weighted by molar-refractivity contribution is 0.501. The fourth-order valence-corrected chi connectivity index (χ4v) is 14.2. The van der Waals surface area contributed by atoms with Gasteiger partial charge in [0.1, 0.15) is 0 Å². The molecule has 0 aliphatic heterocycles. The number of rotatable bonds is 41. The molecule has 354 valence electrons. The van der Waals surface area contributed by atoms with Gasteiger partial charge >= 0.3 is 0 Å². The Morgan fingerprint density at radius 3 is 0.984 bits per heavy atom. The number of benzene rings is 4. The van der Waals surface area contributed by atoms with Crippen LogP contribution in [0.25, 0.3) is 21.5 Å². The van der Waals surface area contributed by atoms with Crippen LogP contribution in [0.2, 0.25) is 0 Å². The third-order valence-electron chi connectivity index (χ3n) is 14.1. The fourth-order valence-electron chi connectivity index (χ4n) is 10.1. The summed E-state index contributed by atoms with van der Waals surface area (Å²) in [5.74, 6) is 1.95. The minimum absolute atomic E-state index is 0.589. The lowest BCUT2D eigenvalue weighted by Crippen LogP contribution is -2.46. The van der Waals surface area contributed by atoms with Gasteiger partial charge in [-0.25, -0.2) is 0 Å². The number of unbranched alkanes of at least 4 members (excludes halogenated alkanes) is 34. The molecule has 0 fully saturated rings. The highest BCUT2D eigenvalue weighted by Crippen LogP contribution is 2.45. The zero-order chi connectivity index (χ0) is 44.4. The maximum Gasteiger partial charge on any atom is 0.158 e. The van der Waals surface area contributed by atoms with Crippen molar-refractivity contribution in [3.8, 4) is 5.75 Å². The van der Waals surface area contributed by atoms with Gasteiger partial charge in [-0.3, -0.25) is 0 Å². The molecule has 0 spiro atoms. The molecular formula is C60H96O2S. The van der Waals surface area contributed by atoms with Crippen LogP contribution in [0, 0.1) is 0 Å². The van der Waals surface area contributed by atoms with Crippen molar-refractivity contribution in [1.82, 2.24) is 0 Å². The molecular weight excluding hydrogens is 785 g/mol. The van der Waals surface area contributed by atoms with E-state index in [1.165, 1.54) is 205 Å². The van der Waals surface area contributed by atoms with Gasteiger partial charge in [0.25, 0.3) is 0 Å². The van der Waals surface area contributed by atoms with Gasteiger partial charge in [0.05, 0.1) is 4.90 Å². The summed E-state index contributed by atoms with van der Waals surface area (Å²) in [7, 11) is -3.84. The summed E-state index contributed by atoms with van der Waals surface area (Å²) in [5, 5.41) is 4.42. The SMILES string of the molecule is CCCCCCCCCCCCCCCCCCCCS(=O)(CCCCCCCCCCCCCCCCCCCC)(Oc1cccc2ccccc12)c1cccc2ccccc12. The van der Waals surface area contributed by atoms with Crippen LogP contribution < -0.4 is 4.18 Å². The Labute approximate surface area is 389 Å². The zero-order valence-corrected chi connectivity index (χ0v) is 42.0. The molecule has 0 amide bonds. The van der Waals surface area contributed by atoms with Gasteiger partial charge in [0.2, 0.25) is 0 Å². The predicted octanol–water partition coefficient (Wildman–Crippen LogP) is 20.2. The number of fused-ring (bicyclic) bond motifs is 2. The van der Waals surface area contributed by atoms with E-state index < -0.39 is 9.35 Å². The van der Waals surface area contributed by atoms with Gasteiger partial charge in [-0.2, -0.15) is 4.21 Å². The third-order valence-corrected chi connectivity index (χ3v) is 18.2. The summed E-state index contributed by atoms with van der Waals surface area (Å²) < 4.78 is 24.1. The summed E-state index contributed by atoms with van der Waals surface area (Å²) in [4.78, 5) is 0.928. The fraction of sp³-hybridized carbons (Fsp3) is 0.667. The molecule has 0 unspecified atom stereocenters. The zero-order valence-electron chi connectivity index (χ0n) is 41.2. The predicted molar refractivity (Wildman–Crippen MR) is 282 cm³/mol. The minimum atomic E-state index is -3.84. The maximum absolute atomic E-state index is 16.7. The third kappa shape index (κ3) is 20.6. The maximum atomic E-state index is 16.7. The lowest BCUT2D eigenvalue weighted by Gasteiger charge is -2.49. The van der Waals surface area contributed by atoms with E-state index in [2.05, 4.69) is 98.8 Å². The van der Waals surface area contributed by atoms with Gasteiger partial charge in [-0.1, -0.05) is 305 Å². The van der Waals surface area contributed by atoms with Crippen LogP contribution in [0.1, 0.15) is 245 Å². The first-order chi connectivity index (χ1) is 31.1. The molecule has 4 rings (SSSR count). The van der Waals surface area contributed by atoms with E-state index in [0.29, 0.717) is 11.5 Å². The van der Waals surface area contributed by atoms with Crippen molar-refractivity contribution in [3.63, 3.8) is 0 Å². The molecule has 0 atom stereocenters. The first kappa shape index (κ1) is 53.0. The summed E-state index contributed by atoms with van der Waals surface area (Å²) >= 11 is 0. The molecule has 0 saturated carbocycles. The van der Waals surface area contributed by atoms with Gasteiger partial charge in [-0.05, 0) is 35.7 Å². The van der Waals surface area contributed by atoms with Gasteiger partial charge in [0, 0.05) is 22.3 Å².